The van der Waals surface area contributed by atoms with E-state index in [-0.39, 0.29) is 0 Å². The highest BCUT2D eigenvalue weighted by atomic mass is 32.1. The minimum absolute atomic E-state index is 0.537. The normalized spacial score (nSPS) is 13.3. The Morgan fingerprint density at radius 2 is 2.11 bits per heavy atom. The molecule has 0 bridgehead atoms. The third-order valence-corrected chi connectivity index (χ3v) is 4.64. The van der Waals surface area contributed by atoms with Gasteiger partial charge in [0.05, 0.1) is 4.88 Å². The van der Waals surface area contributed by atoms with Crippen LogP contribution in [-0.4, -0.2) is 6.29 Å². The van der Waals surface area contributed by atoms with Crippen LogP contribution in [0, 0.1) is 6.92 Å². The van der Waals surface area contributed by atoms with E-state index in [0.717, 1.165) is 27.4 Å². The zero-order valence-corrected chi connectivity index (χ0v) is 11.8. The average Bonchev–Trinajstić information content (AvgIpc) is 3.02. The van der Waals surface area contributed by atoms with Gasteiger partial charge in [-0.3, -0.25) is 4.79 Å². The summed E-state index contributed by atoms with van der Waals surface area (Å²) in [5.41, 5.74) is 3.99. The third-order valence-electron chi connectivity index (χ3n) is 3.62. The van der Waals surface area contributed by atoms with Crippen LogP contribution in [0.2, 0.25) is 0 Å². The van der Waals surface area contributed by atoms with Gasteiger partial charge in [-0.15, -0.1) is 11.3 Å². The molecule has 1 aromatic heterocycles. The molecule has 1 aliphatic carbocycles. The minimum Gasteiger partial charge on any atom is -0.489 e. The SMILES string of the molecule is Cc1sc(C=O)cc1COc1ccc2c(c1)CCC2. The maximum atomic E-state index is 10.7. The lowest BCUT2D eigenvalue weighted by molar-refractivity contribution is 0.112. The van der Waals surface area contributed by atoms with E-state index in [1.54, 1.807) is 0 Å². The molecule has 0 atom stereocenters. The van der Waals surface area contributed by atoms with Gasteiger partial charge < -0.3 is 4.74 Å². The molecule has 1 aliphatic rings. The smallest absolute Gasteiger partial charge is 0.160 e. The van der Waals surface area contributed by atoms with Gasteiger partial charge in [0.15, 0.2) is 6.29 Å². The Hall–Kier alpha value is -1.61. The first-order chi connectivity index (χ1) is 9.26. The van der Waals surface area contributed by atoms with Crippen LogP contribution in [0.25, 0.3) is 0 Å². The van der Waals surface area contributed by atoms with Gasteiger partial charge in [0.1, 0.15) is 12.4 Å². The Labute approximate surface area is 117 Å². The van der Waals surface area contributed by atoms with Crippen molar-refractivity contribution in [1.82, 2.24) is 0 Å². The van der Waals surface area contributed by atoms with E-state index in [0.29, 0.717) is 6.61 Å². The lowest BCUT2D eigenvalue weighted by Crippen LogP contribution is -1.96. The molecule has 0 spiro atoms. The summed E-state index contributed by atoms with van der Waals surface area (Å²) in [6.07, 6.45) is 4.52. The number of rotatable bonds is 4. The number of hydrogen-bond acceptors (Lipinski definition) is 3. The largest absolute Gasteiger partial charge is 0.489 e. The van der Waals surface area contributed by atoms with Crippen molar-refractivity contribution in [3.05, 3.63) is 50.7 Å². The van der Waals surface area contributed by atoms with Crippen LogP contribution in [0.4, 0.5) is 0 Å². The van der Waals surface area contributed by atoms with Crippen molar-refractivity contribution in [3.8, 4) is 5.75 Å². The molecule has 3 heteroatoms. The molecular formula is C16H16O2S. The maximum absolute atomic E-state index is 10.7. The van der Waals surface area contributed by atoms with Crippen LogP contribution in [0.5, 0.6) is 5.75 Å². The molecule has 0 fully saturated rings. The first-order valence-electron chi connectivity index (χ1n) is 6.55. The summed E-state index contributed by atoms with van der Waals surface area (Å²) >= 11 is 1.52. The standard InChI is InChI=1S/C16H16O2S/c1-11-14(8-16(9-17)19-11)10-18-15-6-5-12-3-2-4-13(12)7-15/h5-9H,2-4,10H2,1H3. The Kier molecular flexibility index (Phi) is 3.38. The molecule has 98 valence electrons. The maximum Gasteiger partial charge on any atom is 0.160 e. The molecule has 3 rings (SSSR count). The summed E-state index contributed by atoms with van der Waals surface area (Å²) in [5.74, 6) is 0.930. The number of thiophene rings is 1. The monoisotopic (exact) mass is 272 g/mol. The summed E-state index contributed by atoms with van der Waals surface area (Å²) in [6, 6.07) is 8.30. The second kappa shape index (κ2) is 5.17. The molecule has 0 aliphatic heterocycles. The van der Waals surface area contributed by atoms with E-state index in [1.165, 1.54) is 41.7 Å². The minimum atomic E-state index is 0.537. The summed E-state index contributed by atoms with van der Waals surface area (Å²) in [6.45, 7) is 2.56. The number of ether oxygens (including phenoxy) is 1. The van der Waals surface area contributed by atoms with Gasteiger partial charge >= 0.3 is 0 Å². The second-order valence-corrected chi connectivity index (χ2v) is 6.21. The molecule has 0 N–H and O–H groups in total. The van der Waals surface area contributed by atoms with Gasteiger partial charge in [-0.1, -0.05) is 6.07 Å². The van der Waals surface area contributed by atoms with E-state index in [4.69, 9.17) is 4.74 Å². The van der Waals surface area contributed by atoms with Gasteiger partial charge in [-0.2, -0.15) is 0 Å². The van der Waals surface area contributed by atoms with Gasteiger partial charge in [-0.25, -0.2) is 0 Å². The first kappa shape index (κ1) is 12.4. The predicted molar refractivity (Wildman–Crippen MR) is 77.2 cm³/mol. The van der Waals surface area contributed by atoms with Crippen LogP contribution in [0.3, 0.4) is 0 Å². The van der Waals surface area contributed by atoms with Crippen molar-refractivity contribution in [1.29, 1.82) is 0 Å². The highest BCUT2D eigenvalue weighted by molar-refractivity contribution is 7.13. The van der Waals surface area contributed by atoms with Crippen LogP contribution in [-0.2, 0) is 19.4 Å². The van der Waals surface area contributed by atoms with E-state index in [2.05, 4.69) is 12.1 Å². The fourth-order valence-electron chi connectivity index (χ4n) is 2.55. The lowest BCUT2D eigenvalue weighted by Gasteiger charge is -2.08. The lowest BCUT2D eigenvalue weighted by atomic mass is 10.1. The van der Waals surface area contributed by atoms with Crippen LogP contribution >= 0.6 is 11.3 Å². The molecule has 0 unspecified atom stereocenters. The number of benzene rings is 1. The molecular weight excluding hydrogens is 256 g/mol. The van der Waals surface area contributed by atoms with Crippen molar-refractivity contribution >= 4 is 17.6 Å². The van der Waals surface area contributed by atoms with E-state index < -0.39 is 0 Å². The van der Waals surface area contributed by atoms with Crippen LogP contribution < -0.4 is 4.74 Å². The molecule has 1 heterocycles. The summed E-state index contributed by atoms with van der Waals surface area (Å²) in [5, 5.41) is 0. The highest BCUT2D eigenvalue weighted by Gasteiger charge is 2.11. The van der Waals surface area contributed by atoms with Gasteiger partial charge in [-0.05, 0) is 55.5 Å². The summed E-state index contributed by atoms with van der Waals surface area (Å²) < 4.78 is 5.85. The molecule has 0 amide bonds. The Morgan fingerprint density at radius 1 is 1.26 bits per heavy atom. The Balaban J connectivity index is 1.72. The molecule has 1 aromatic carbocycles. The van der Waals surface area contributed by atoms with Gasteiger partial charge in [0.25, 0.3) is 0 Å². The summed E-state index contributed by atoms with van der Waals surface area (Å²) in [4.78, 5) is 12.7. The second-order valence-electron chi connectivity index (χ2n) is 4.92. The van der Waals surface area contributed by atoms with Crippen molar-refractivity contribution < 1.29 is 9.53 Å². The molecule has 19 heavy (non-hydrogen) atoms. The molecule has 2 aromatic rings. The van der Waals surface area contributed by atoms with Crippen molar-refractivity contribution in [2.75, 3.05) is 0 Å². The fourth-order valence-corrected chi connectivity index (χ4v) is 3.40. The Bertz CT molecular complexity index is 613. The highest BCUT2D eigenvalue weighted by Crippen LogP contribution is 2.27. The predicted octanol–water partition coefficient (Wildman–Crippen LogP) is 3.94. The number of carbonyl (C=O) groups excluding carboxylic acids is 1. The number of fused-ring (bicyclic) bond motifs is 1. The topological polar surface area (TPSA) is 26.3 Å². The molecule has 0 saturated heterocycles. The fraction of sp³-hybridized carbons (Fsp3) is 0.312. The molecule has 2 nitrogen and oxygen atoms in total. The molecule has 0 radical (unpaired) electrons. The first-order valence-corrected chi connectivity index (χ1v) is 7.37. The quantitative estimate of drug-likeness (QED) is 0.788. The number of aldehydes is 1. The molecule has 0 saturated carbocycles. The Morgan fingerprint density at radius 3 is 2.89 bits per heavy atom. The summed E-state index contributed by atoms with van der Waals surface area (Å²) in [7, 11) is 0. The van der Waals surface area contributed by atoms with E-state index >= 15 is 0 Å². The zero-order valence-electron chi connectivity index (χ0n) is 10.9. The van der Waals surface area contributed by atoms with E-state index in [9.17, 15) is 4.79 Å². The third kappa shape index (κ3) is 2.56. The average molecular weight is 272 g/mol. The van der Waals surface area contributed by atoms with Gasteiger partial charge in [0, 0.05) is 10.4 Å². The number of carbonyl (C=O) groups is 1. The number of hydrogen-bond donors (Lipinski definition) is 0. The zero-order chi connectivity index (χ0) is 13.2. The van der Waals surface area contributed by atoms with E-state index in [1.807, 2.05) is 19.1 Å². The van der Waals surface area contributed by atoms with Crippen molar-refractivity contribution in [2.45, 2.75) is 32.8 Å². The van der Waals surface area contributed by atoms with Crippen molar-refractivity contribution in [2.24, 2.45) is 0 Å². The van der Waals surface area contributed by atoms with Crippen LogP contribution in [0.15, 0.2) is 24.3 Å². The van der Waals surface area contributed by atoms with Crippen molar-refractivity contribution in [3.63, 3.8) is 0 Å². The number of aryl methyl sites for hydroxylation is 3. The van der Waals surface area contributed by atoms with Gasteiger partial charge in [0.2, 0.25) is 0 Å². The van der Waals surface area contributed by atoms with Crippen LogP contribution in [0.1, 0.15) is 37.7 Å².